The Kier molecular flexibility index (Phi) is 4.29. The number of hydrogen-bond donors (Lipinski definition) is 1. The number of carbonyl (C=O) groups excluding carboxylic acids is 1. The maximum Gasteiger partial charge on any atom is 0.276 e. The number of halogens is 1. The van der Waals surface area contributed by atoms with Crippen molar-refractivity contribution in [1.29, 1.82) is 0 Å². The predicted molar refractivity (Wildman–Crippen MR) is 118 cm³/mol. The van der Waals surface area contributed by atoms with Crippen LogP contribution in [0.15, 0.2) is 89.7 Å². The summed E-state index contributed by atoms with van der Waals surface area (Å²) in [5.74, 6) is -0.631. The Balaban J connectivity index is 1.77. The first-order valence-corrected chi connectivity index (χ1v) is 9.62. The molecule has 30 heavy (non-hydrogen) atoms. The van der Waals surface area contributed by atoms with Gasteiger partial charge in [0.05, 0.1) is 11.4 Å². The third-order valence-corrected chi connectivity index (χ3v) is 5.32. The van der Waals surface area contributed by atoms with E-state index in [4.69, 9.17) is 4.99 Å². The summed E-state index contributed by atoms with van der Waals surface area (Å²) in [6.07, 6.45) is 3.60. The summed E-state index contributed by atoms with van der Waals surface area (Å²) >= 11 is 0. The molecule has 0 atom stereocenters. The molecular formula is C25H18FN3O. The first-order chi connectivity index (χ1) is 14.6. The second-order valence-corrected chi connectivity index (χ2v) is 7.14. The maximum absolute atomic E-state index is 14.7. The van der Waals surface area contributed by atoms with Gasteiger partial charge in [-0.05, 0) is 30.3 Å². The zero-order chi connectivity index (χ0) is 20.7. The first-order valence-electron chi connectivity index (χ1n) is 9.62. The van der Waals surface area contributed by atoms with Gasteiger partial charge in [0.25, 0.3) is 5.91 Å². The summed E-state index contributed by atoms with van der Waals surface area (Å²) in [7, 11) is 1.71. The van der Waals surface area contributed by atoms with E-state index in [0.717, 1.165) is 16.5 Å². The number of likely N-dealkylation sites (N-methyl/N-ethyl adjacent to an activating group) is 1. The Morgan fingerprint density at radius 3 is 2.47 bits per heavy atom. The third-order valence-electron chi connectivity index (χ3n) is 5.32. The summed E-state index contributed by atoms with van der Waals surface area (Å²) in [6.45, 7) is 0. The lowest BCUT2D eigenvalue weighted by Crippen LogP contribution is -2.26. The molecule has 0 unspecified atom stereocenters. The number of aromatic amines is 1. The van der Waals surface area contributed by atoms with Crippen molar-refractivity contribution in [3.8, 4) is 0 Å². The van der Waals surface area contributed by atoms with E-state index in [9.17, 15) is 9.18 Å². The van der Waals surface area contributed by atoms with Crippen molar-refractivity contribution in [1.82, 2.24) is 4.98 Å². The third kappa shape index (κ3) is 2.92. The smallest absolute Gasteiger partial charge is 0.276 e. The van der Waals surface area contributed by atoms with Crippen LogP contribution in [0.1, 0.15) is 16.7 Å². The number of nitrogens with zero attached hydrogens (tertiary/aromatic N) is 2. The Morgan fingerprint density at radius 2 is 1.63 bits per heavy atom. The average Bonchev–Trinajstić information content (AvgIpc) is 3.15. The number of carbonyl (C=O) groups is 1. The van der Waals surface area contributed by atoms with Gasteiger partial charge in [-0.25, -0.2) is 9.38 Å². The fourth-order valence-electron chi connectivity index (χ4n) is 3.79. The van der Waals surface area contributed by atoms with Gasteiger partial charge in [0.1, 0.15) is 11.5 Å². The van der Waals surface area contributed by atoms with E-state index >= 15 is 0 Å². The van der Waals surface area contributed by atoms with Crippen LogP contribution in [0, 0.1) is 5.82 Å². The maximum atomic E-state index is 14.7. The molecule has 2 heterocycles. The number of amides is 1. The number of benzodiazepines with no additional fused rings is 1. The fourth-order valence-corrected chi connectivity index (χ4v) is 3.79. The molecule has 0 saturated carbocycles. The summed E-state index contributed by atoms with van der Waals surface area (Å²) < 4.78 is 14.7. The van der Waals surface area contributed by atoms with Crippen LogP contribution < -0.4 is 4.90 Å². The molecule has 4 aromatic rings. The predicted octanol–water partition coefficient (Wildman–Crippen LogP) is 5.16. The summed E-state index contributed by atoms with van der Waals surface area (Å²) in [6, 6.07) is 21.8. The van der Waals surface area contributed by atoms with E-state index < -0.39 is 0 Å². The number of H-pyrrole nitrogens is 1. The number of fused-ring (bicyclic) bond motifs is 2. The SMILES string of the molecule is CN1C(=O)/C(=C/c2c[nH]c3ccccc23)N=C(c2ccccc2F)c2ccccc21. The largest absolute Gasteiger partial charge is 0.361 e. The van der Waals surface area contributed by atoms with Crippen LogP contribution in [-0.2, 0) is 4.79 Å². The Hall–Kier alpha value is -3.99. The zero-order valence-electron chi connectivity index (χ0n) is 16.3. The minimum absolute atomic E-state index is 0.247. The minimum atomic E-state index is -0.380. The Labute approximate surface area is 173 Å². The van der Waals surface area contributed by atoms with Gasteiger partial charge < -0.3 is 9.88 Å². The molecule has 0 bridgehead atoms. The summed E-state index contributed by atoms with van der Waals surface area (Å²) in [5.41, 5.74) is 4.26. The second kappa shape index (κ2) is 7.12. The van der Waals surface area contributed by atoms with Crippen molar-refractivity contribution in [3.05, 3.63) is 107 Å². The molecular weight excluding hydrogens is 377 g/mol. The van der Waals surface area contributed by atoms with Crippen LogP contribution in [0.4, 0.5) is 10.1 Å². The van der Waals surface area contributed by atoms with Crippen LogP contribution in [0.5, 0.6) is 0 Å². The Bertz CT molecular complexity index is 1350. The molecule has 1 aromatic heterocycles. The van der Waals surface area contributed by atoms with Crippen LogP contribution in [-0.4, -0.2) is 23.7 Å². The van der Waals surface area contributed by atoms with Gasteiger partial charge in [-0.1, -0.05) is 48.5 Å². The van der Waals surface area contributed by atoms with Crippen molar-refractivity contribution in [2.45, 2.75) is 0 Å². The lowest BCUT2D eigenvalue weighted by atomic mass is 10.00. The van der Waals surface area contributed by atoms with E-state index in [1.165, 1.54) is 6.07 Å². The zero-order valence-corrected chi connectivity index (χ0v) is 16.3. The van der Waals surface area contributed by atoms with E-state index in [-0.39, 0.29) is 17.4 Å². The number of benzene rings is 3. The second-order valence-electron chi connectivity index (χ2n) is 7.14. The molecule has 0 fully saturated rings. The minimum Gasteiger partial charge on any atom is -0.361 e. The highest BCUT2D eigenvalue weighted by molar-refractivity contribution is 6.23. The van der Waals surface area contributed by atoms with E-state index in [0.29, 0.717) is 22.5 Å². The molecule has 146 valence electrons. The number of anilines is 1. The van der Waals surface area contributed by atoms with Crippen LogP contribution in [0.25, 0.3) is 17.0 Å². The van der Waals surface area contributed by atoms with Gasteiger partial charge >= 0.3 is 0 Å². The molecule has 3 aromatic carbocycles. The number of rotatable bonds is 2. The van der Waals surface area contributed by atoms with Gasteiger partial charge in [-0.15, -0.1) is 0 Å². The number of nitrogens with one attached hydrogen (secondary N) is 1. The highest BCUT2D eigenvalue weighted by Gasteiger charge is 2.27. The highest BCUT2D eigenvalue weighted by atomic mass is 19.1. The quantitative estimate of drug-likeness (QED) is 0.468. The Morgan fingerprint density at radius 1 is 0.933 bits per heavy atom. The van der Waals surface area contributed by atoms with Gasteiger partial charge in [0.2, 0.25) is 0 Å². The molecule has 1 aliphatic heterocycles. The molecule has 1 amide bonds. The molecule has 5 rings (SSSR count). The number of para-hydroxylation sites is 2. The van der Waals surface area contributed by atoms with Crippen LogP contribution in [0.3, 0.4) is 0 Å². The van der Waals surface area contributed by atoms with E-state index in [1.807, 2.05) is 54.7 Å². The molecule has 0 aliphatic carbocycles. The molecule has 1 aliphatic rings. The first kappa shape index (κ1) is 18.1. The normalized spacial score (nSPS) is 15.3. The van der Waals surface area contributed by atoms with Crippen molar-refractivity contribution < 1.29 is 9.18 Å². The van der Waals surface area contributed by atoms with Crippen LogP contribution in [0.2, 0.25) is 0 Å². The summed E-state index contributed by atoms with van der Waals surface area (Å²) in [5, 5.41) is 0.991. The van der Waals surface area contributed by atoms with E-state index in [2.05, 4.69) is 4.98 Å². The molecule has 5 heteroatoms. The molecule has 0 saturated heterocycles. The molecule has 4 nitrogen and oxygen atoms in total. The lowest BCUT2D eigenvalue weighted by Gasteiger charge is -2.17. The standard InChI is InChI=1S/C25H18FN3O/c1-29-23-13-7-4-10-19(23)24(18-9-2-5-11-20(18)26)28-22(25(29)30)14-16-15-27-21-12-6-3-8-17(16)21/h2-15,27H,1H3/b22-14-. The van der Waals surface area contributed by atoms with Crippen molar-refractivity contribution in [2.75, 3.05) is 11.9 Å². The number of aliphatic imine (C=N–C) groups is 1. The van der Waals surface area contributed by atoms with Crippen molar-refractivity contribution in [3.63, 3.8) is 0 Å². The van der Waals surface area contributed by atoms with Gasteiger partial charge in [0.15, 0.2) is 0 Å². The summed E-state index contributed by atoms with van der Waals surface area (Å²) in [4.78, 5) is 22.7. The highest BCUT2D eigenvalue weighted by Crippen LogP contribution is 2.31. The lowest BCUT2D eigenvalue weighted by molar-refractivity contribution is -0.114. The van der Waals surface area contributed by atoms with Gasteiger partial charge in [-0.3, -0.25) is 4.79 Å². The molecule has 1 N–H and O–H groups in total. The van der Waals surface area contributed by atoms with Gasteiger partial charge in [0, 0.05) is 40.8 Å². The molecule has 0 radical (unpaired) electrons. The topological polar surface area (TPSA) is 48.5 Å². The number of hydrogen-bond acceptors (Lipinski definition) is 2. The monoisotopic (exact) mass is 395 g/mol. The fraction of sp³-hybridized carbons (Fsp3) is 0.0400. The number of aromatic nitrogens is 1. The van der Waals surface area contributed by atoms with Crippen molar-refractivity contribution in [2.24, 2.45) is 4.99 Å². The van der Waals surface area contributed by atoms with Gasteiger partial charge in [-0.2, -0.15) is 0 Å². The van der Waals surface area contributed by atoms with E-state index in [1.54, 1.807) is 36.2 Å². The van der Waals surface area contributed by atoms with Crippen LogP contribution >= 0.6 is 0 Å². The molecule has 0 spiro atoms. The average molecular weight is 395 g/mol. The van der Waals surface area contributed by atoms with Crippen molar-refractivity contribution >= 4 is 34.3 Å².